The standard InChI is InChI=1S/C23H31FN4O7S3/c1-16(29)25-11-14-37(31,32)27-12-13-28(19(15-27)22(30)26-35-23(2,3)4)38(33,34)21-10-9-20(36-21)17-5-7-18(24)8-6-17/h5-10,19H,11-15H2,1-4H3,(H,25,29)(H,26,30)/t19-/m1/s1. The van der Waals surface area contributed by atoms with Crippen molar-refractivity contribution in [3.05, 3.63) is 42.2 Å². The van der Waals surface area contributed by atoms with Gasteiger partial charge in [-0.05, 0) is 50.6 Å². The molecule has 0 radical (unpaired) electrons. The molecule has 11 nitrogen and oxygen atoms in total. The van der Waals surface area contributed by atoms with Crippen LogP contribution in [0.25, 0.3) is 10.4 Å². The molecule has 2 N–H and O–H groups in total. The summed E-state index contributed by atoms with van der Waals surface area (Å²) in [6.45, 7) is 5.30. The Hall–Kier alpha value is -2.43. The third-order valence-electron chi connectivity index (χ3n) is 5.45. The number of benzene rings is 1. The summed E-state index contributed by atoms with van der Waals surface area (Å²) in [5.41, 5.74) is 2.10. The highest BCUT2D eigenvalue weighted by molar-refractivity contribution is 7.91. The van der Waals surface area contributed by atoms with Gasteiger partial charge >= 0.3 is 0 Å². The second kappa shape index (κ2) is 11.8. The molecule has 0 bridgehead atoms. The number of carbonyl (C=O) groups excluding carboxylic acids is 2. The van der Waals surface area contributed by atoms with Gasteiger partial charge in [0, 0.05) is 38.0 Å². The number of carbonyl (C=O) groups is 2. The van der Waals surface area contributed by atoms with E-state index in [1.165, 1.54) is 37.3 Å². The van der Waals surface area contributed by atoms with Crippen LogP contribution in [0.15, 0.2) is 40.6 Å². The molecule has 1 atom stereocenters. The number of rotatable bonds is 9. The van der Waals surface area contributed by atoms with E-state index in [1.54, 1.807) is 26.8 Å². The molecule has 2 amide bonds. The molecule has 210 valence electrons. The fourth-order valence-electron chi connectivity index (χ4n) is 3.60. The number of hydrogen-bond donors (Lipinski definition) is 2. The molecular formula is C23H31FN4O7S3. The summed E-state index contributed by atoms with van der Waals surface area (Å²) < 4.78 is 68.3. The Morgan fingerprint density at radius 1 is 1.08 bits per heavy atom. The largest absolute Gasteiger partial charge is 0.355 e. The number of sulfonamides is 2. The van der Waals surface area contributed by atoms with Crippen LogP contribution in [-0.2, 0) is 34.5 Å². The van der Waals surface area contributed by atoms with E-state index in [0.717, 1.165) is 19.9 Å². The van der Waals surface area contributed by atoms with Crippen LogP contribution in [0.3, 0.4) is 0 Å². The van der Waals surface area contributed by atoms with Crippen molar-refractivity contribution in [2.45, 2.75) is 43.5 Å². The Labute approximate surface area is 226 Å². The van der Waals surface area contributed by atoms with Crippen LogP contribution >= 0.6 is 11.3 Å². The van der Waals surface area contributed by atoms with Crippen molar-refractivity contribution < 1.29 is 35.7 Å². The summed E-state index contributed by atoms with van der Waals surface area (Å²) in [6, 6.07) is 7.17. The van der Waals surface area contributed by atoms with E-state index in [9.17, 15) is 30.8 Å². The fourth-order valence-corrected chi connectivity index (χ4v) is 7.95. The molecule has 1 aliphatic rings. The highest BCUT2D eigenvalue weighted by atomic mass is 32.2. The zero-order valence-corrected chi connectivity index (χ0v) is 23.9. The average molecular weight is 591 g/mol. The van der Waals surface area contributed by atoms with Crippen LogP contribution < -0.4 is 10.8 Å². The van der Waals surface area contributed by atoms with Gasteiger partial charge in [-0.1, -0.05) is 12.1 Å². The molecule has 1 fully saturated rings. The van der Waals surface area contributed by atoms with Crippen LogP contribution in [0.5, 0.6) is 0 Å². The summed E-state index contributed by atoms with van der Waals surface area (Å²) >= 11 is 0.957. The minimum Gasteiger partial charge on any atom is -0.355 e. The molecule has 3 rings (SSSR count). The van der Waals surface area contributed by atoms with Crippen molar-refractivity contribution >= 4 is 43.2 Å². The van der Waals surface area contributed by atoms with Crippen LogP contribution in [-0.4, -0.2) is 80.8 Å². The first kappa shape index (κ1) is 30.1. The maximum absolute atomic E-state index is 13.6. The van der Waals surface area contributed by atoms with Gasteiger partial charge in [0.25, 0.3) is 15.9 Å². The SMILES string of the molecule is CC(=O)NCCS(=O)(=O)N1CCN(S(=O)(=O)c2ccc(-c3ccc(F)cc3)s2)[C@@H](C(=O)NOC(C)(C)C)C1. The Kier molecular flexibility index (Phi) is 9.32. The minimum absolute atomic E-state index is 0.0478. The molecule has 1 aromatic heterocycles. The first-order chi connectivity index (χ1) is 17.6. The number of halogens is 1. The molecule has 38 heavy (non-hydrogen) atoms. The monoisotopic (exact) mass is 590 g/mol. The summed E-state index contributed by atoms with van der Waals surface area (Å²) in [4.78, 5) is 30.1. The fraction of sp³-hybridized carbons (Fsp3) is 0.478. The predicted octanol–water partition coefficient (Wildman–Crippen LogP) is 1.54. The van der Waals surface area contributed by atoms with E-state index in [2.05, 4.69) is 10.8 Å². The number of piperazine rings is 1. The second-order valence-electron chi connectivity index (χ2n) is 9.59. The number of amides is 2. The second-order valence-corrected chi connectivity index (χ2v) is 14.9. The average Bonchev–Trinajstić information content (AvgIpc) is 3.33. The molecule has 1 aliphatic heterocycles. The topological polar surface area (TPSA) is 142 Å². The van der Waals surface area contributed by atoms with Gasteiger partial charge in [-0.25, -0.2) is 26.7 Å². The van der Waals surface area contributed by atoms with Gasteiger partial charge in [-0.2, -0.15) is 8.61 Å². The molecule has 15 heteroatoms. The van der Waals surface area contributed by atoms with Gasteiger partial charge < -0.3 is 5.32 Å². The maximum atomic E-state index is 13.6. The maximum Gasteiger partial charge on any atom is 0.263 e. The van der Waals surface area contributed by atoms with Gasteiger partial charge in [0.2, 0.25) is 15.9 Å². The quantitative estimate of drug-likeness (QED) is 0.422. The Morgan fingerprint density at radius 2 is 1.74 bits per heavy atom. The van der Waals surface area contributed by atoms with E-state index in [0.29, 0.717) is 10.4 Å². The predicted molar refractivity (Wildman–Crippen MR) is 140 cm³/mol. The molecule has 2 heterocycles. The van der Waals surface area contributed by atoms with Gasteiger partial charge in [-0.15, -0.1) is 11.3 Å². The van der Waals surface area contributed by atoms with Crippen molar-refractivity contribution in [1.29, 1.82) is 0 Å². The molecule has 0 spiro atoms. The minimum atomic E-state index is -4.22. The normalized spacial score (nSPS) is 17.8. The summed E-state index contributed by atoms with van der Waals surface area (Å²) in [6.07, 6.45) is 0. The van der Waals surface area contributed by atoms with Crippen LogP contribution in [0.1, 0.15) is 27.7 Å². The van der Waals surface area contributed by atoms with Crippen LogP contribution in [0.2, 0.25) is 0 Å². The van der Waals surface area contributed by atoms with Crippen molar-refractivity contribution in [2.75, 3.05) is 31.9 Å². The van der Waals surface area contributed by atoms with Gasteiger partial charge in [0.05, 0.1) is 11.4 Å². The van der Waals surface area contributed by atoms with Gasteiger partial charge in [-0.3, -0.25) is 14.4 Å². The smallest absolute Gasteiger partial charge is 0.263 e. The van der Waals surface area contributed by atoms with E-state index in [1.807, 2.05) is 0 Å². The van der Waals surface area contributed by atoms with E-state index < -0.39 is 55.7 Å². The summed E-state index contributed by atoms with van der Waals surface area (Å²) in [5, 5.41) is 2.42. The molecule has 1 aromatic carbocycles. The van der Waals surface area contributed by atoms with Gasteiger partial charge in [0.15, 0.2) is 0 Å². The number of hydroxylamine groups is 1. The lowest BCUT2D eigenvalue weighted by atomic mass is 10.2. The Morgan fingerprint density at radius 3 is 2.34 bits per heavy atom. The van der Waals surface area contributed by atoms with E-state index in [-0.39, 0.29) is 29.8 Å². The molecule has 1 saturated heterocycles. The Bertz CT molecular complexity index is 1370. The highest BCUT2D eigenvalue weighted by Crippen LogP contribution is 2.34. The number of hydrogen-bond acceptors (Lipinski definition) is 8. The van der Waals surface area contributed by atoms with Gasteiger partial charge in [0.1, 0.15) is 16.1 Å². The van der Waals surface area contributed by atoms with Crippen molar-refractivity contribution in [1.82, 2.24) is 19.4 Å². The van der Waals surface area contributed by atoms with Crippen LogP contribution in [0.4, 0.5) is 4.39 Å². The third kappa shape index (κ3) is 7.57. The first-order valence-electron chi connectivity index (χ1n) is 11.7. The zero-order chi connectivity index (χ0) is 28.3. The Balaban J connectivity index is 1.88. The first-order valence-corrected chi connectivity index (χ1v) is 15.5. The molecule has 0 aliphatic carbocycles. The molecular weight excluding hydrogens is 559 g/mol. The lowest BCUT2D eigenvalue weighted by molar-refractivity contribution is -0.150. The highest BCUT2D eigenvalue weighted by Gasteiger charge is 2.44. The molecule has 2 aromatic rings. The van der Waals surface area contributed by atoms with E-state index in [4.69, 9.17) is 4.84 Å². The molecule has 0 saturated carbocycles. The zero-order valence-electron chi connectivity index (χ0n) is 21.4. The van der Waals surface area contributed by atoms with Crippen molar-refractivity contribution in [2.24, 2.45) is 0 Å². The lowest BCUT2D eigenvalue weighted by Crippen LogP contribution is -2.62. The number of nitrogens with zero attached hydrogens (tertiary/aromatic N) is 2. The lowest BCUT2D eigenvalue weighted by Gasteiger charge is -2.38. The third-order valence-corrected chi connectivity index (χ3v) is 10.8. The van der Waals surface area contributed by atoms with Crippen LogP contribution in [0, 0.1) is 5.82 Å². The molecule has 0 unspecified atom stereocenters. The van der Waals surface area contributed by atoms with Crippen molar-refractivity contribution in [3.8, 4) is 10.4 Å². The number of nitrogens with one attached hydrogen (secondary N) is 2. The summed E-state index contributed by atoms with van der Waals surface area (Å²) in [5.74, 6) is -2.03. The number of thiophene rings is 1. The van der Waals surface area contributed by atoms with E-state index >= 15 is 0 Å². The van der Waals surface area contributed by atoms with Crippen molar-refractivity contribution in [3.63, 3.8) is 0 Å². The summed E-state index contributed by atoms with van der Waals surface area (Å²) in [7, 11) is -8.13.